The van der Waals surface area contributed by atoms with Gasteiger partial charge >= 0.3 is 0 Å². The van der Waals surface area contributed by atoms with Gasteiger partial charge in [0.2, 0.25) is 5.91 Å². The van der Waals surface area contributed by atoms with Crippen LogP contribution in [-0.2, 0) is 17.8 Å². The fourth-order valence-corrected chi connectivity index (χ4v) is 2.80. The summed E-state index contributed by atoms with van der Waals surface area (Å²) in [5.41, 5.74) is 4.06. The van der Waals surface area contributed by atoms with Gasteiger partial charge < -0.3 is 14.5 Å². The molecule has 0 bridgehead atoms. The van der Waals surface area contributed by atoms with E-state index in [2.05, 4.69) is 29.3 Å². The van der Waals surface area contributed by atoms with Crippen LogP contribution in [0, 0.1) is 11.8 Å². The molecular formula is C24H23NO3. The van der Waals surface area contributed by atoms with E-state index in [4.69, 9.17) is 9.15 Å². The molecule has 3 aromatic rings. The Morgan fingerprint density at radius 2 is 1.64 bits per heavy atom. The summed E-state index contributed by atoms with van der Waals surface area (Å²) >= 11 is 0. The lowest BCUT2D eigenvalue weighted by molar-refractivity contribution is -0.119. The fourth-order valence-electron chi connectivity index (χ4n) is 2.80. The van der Waals surface area contributed by atoms with Crippen LogP contribution in [0.4, 0.5) is 0 Å². The van der Waals surface area contributed by atoms with Gasteiger partial charge in [-0.1, -0.05) is 24.0 Å². The Hall–Kier alpha value is -3.45. The molecule has 0 aliphatic rings. The predicted molar refractivity (Wildman–Crippen MR) is 109 cm³/mol. The second-order valence-electron chi connectivity index (χ2n) is 6.70. The highest BCUT2D eigenvalue weighted by Crippen LogP contribution is 2.14. The SMILES string of the molecule is CC(=O)NC(C)Cc1ccc(C#Cc2ccc(OCc3ccoc3)cc2)cc1. The highest BCUT2D eigenvalue weighted by atomic mass is 16.5. The molecule has 1 heterocycles. The Morgan fingerprint density at radius 1 is 1.00 bits per heavy atom. The smallest absolute Gasteiger partial charge is 0.217 e. The molecule has 3 rings (SSSR count). The topological polar surface area (TPSA) is 51.5 Å². The van der Waals surface area contributed by atoms with Crippen LogP contribution in [0.2, 0.25) is 0 Å². The largest absolute Gasteiger partial charge is 0.489 e. The maximum atomic E-state index is 11.1. The lowest BCUT2D eigenvalue weighted by Crippen LogP contribution is -2.31. The molecule has 0 fully saturated rings. The van der Waals surface area contributed by atoms with Crippen molar-refractivity contribution in [2.45, 2.75) is 32.9 Å². The summed E-state index contributed by atoms with van der Waals surface area (Å²) < 4.78 is 10.7. The van der Waals surface area contributed by atoms with E-state index in [1.165, 1.54) is 12.5 Å². The molecule has 1 amide bonds. The van der Waals surface area contributed by atoms with E-state index < -0.39 is 0 Å². The molecule has 0 spiro atoms. The first kappa shape index (κ1) is 19.3. The standard InChI is InChI=1S/C24H23NO3/c1-18(25-19(2)26)15-22-7-5-20(6-8-22)3-4-21-9-11-24(12-10-21)28-17-23-13-14-27-16-23/h5-14,16,18H,15,17H2,1-2H3,(H,25,26). The molecule has 28 heavy (non-hydrogen) atoms. The van der Waals surface area contributed by atoms with Gasteiger partial charge in [0.15, 0.2) is 0 Å². The molecule has 1 N–H and O–H groups in total. The van der Waals surface area contributed by atoms with E-state index >= 15 is 0 Å². The lowest BCUT2D eigenvalue weighted by Gasteiger charge is -2.12. The fraction of sp³-hybridized carbons (Fsp3) is 0.208. The summed E-state index contributed by atoms with van der Waals surface area (Å²) in [6.07, 6.45) is 4.10. The first-order valence-corrected chi connectivity index (χ1v) is 9.20. The molecule has 2 aromatic carbocycles. The minimum absolute atomic E-state index is 0.00659. The number of hydrogen-bond acceptors (Lipinski definition) is 3. The van der Waals surface area contributed by atoms with E-state index in [0.717, 1.165) is 28.9 Å². The van der Waals surface area contributed by atoms with Gasteiger partial charge in [-0.25, -0.2) is 0 Å². The van der Waals surface area contributed by atoms with E-state index in [1.807, 2.05) is 49.4 Å². The third-order valence-corrected chi connectivity index (χ3v) is 4.14. The minimum Gasteiger partial charge on any atom is -0.489 e. The van der Waals surface area contributed by atoms with Gasteiger partial charge in [-0.05, 0) is 61.4 Å². The molecule has 0 saturated heterocycles. The Kier molecular flexibility index (Phi) is 6.54. The monoisotopic (exact) mass is 373 g/mol. The van der Waals surface area contributed by atoms with E-state index in [0.29, 0.717) is 6.61 Å². The zero-order chi connectivity index (χ0) is 19.8. The van der Waals surface area contributed by atoms with E-state index in [9.17, 15) is 4.79 Å². The van der Waals surface area contributed by atoms with Gasteiger partial charge in [0.1, 0.15) is 12.4 Å². The van der Waals surface area contributed by atoms with Crippen LogP contribution in [0.5, 0.6) is 5.75 Å². The first-order chi connectivity index (χ1) is 13.6. The van der Waals surface area contributed by atoms with Gasteiger partial charge in [0, 0.05) is 29.7 Å². The molecular weight excluding hydrogens is 350 g/mol. The average Bonchev–Trinajstić information content (AvgIpc) is 3.20. The van der Waals surface area contributed by atoms with Gasteiger partial charge in [-0.2, -0.15) is 0 Å². The van der Waals surface area contributed by atoms with E-state index in [1.54, 1.807) is 12.5 Å². The summed E-state index contributed by atoms with van der Waals surface area (Å²) in [7, 11) is 0. The summed E-state index contributed by atoms with van der Waals surface area (Å²) in [6.45, 7) is 4.01. The zero-order valence-corrected chi connectivity index (χ0v) is 16.1. The number of furan rings is 1. The Balaban J connectivity index is 1.54. The number of hydrogen-bond donors (Lipinski definition) is 1. The number of rotatable bonds is 6. The van der Waals surface area contributed by atoms with Crippen molar-refractivity contribution >= 4 is 5.91 Å². The minimum atomic E-state index is -0.00659. The third kappa shape index (κ3) is 6.07. The van der Waals surface area contributed by atoms with E-state index in [-0.39, 0.29) is 11.9 Å². The second-order valence-corrected chi connectivity index (χ2v) is 6.70. The van der Waals surface area contributed by atoms with Gasteiger partial charge in [-0.3, -0.25) is 4.79 Å². The average molecular weight is 373 g/mol. The quantitative estimate of drug-likeness (QED) is 0.655. The Bertz CT molecular complexity index is 946. The predicted octanol–water partition coefficient (Wildman–Crippen LogP) is 4.33. The van der Waals surface area contributed by atoms with Crippen LogP contribution in [-0.4, -0.2) is 11.9 Å². The number of nitrogens with one attached hydrogen (secondary N) is 1. The summed E-state index contributed by atoms with van der Waals surface area (Å²) in [5.74, 6) is 7.13. The Morgan fingerprint density at radius 3 is 2.21 bits per heavy atom. The Labute approximate surface area is 165 Å². The van der Waals surface area contributed by atoms with Crippen molar-refractivity contribution in [1.82, 2.24) is 5.32 Å². The van der Waals surface area contributed by atoms with Crippen molar-refractivity contribution in [1.29, 1.82) is 0 Å². The van der Waals surface area contributed by atoms with Crippen molar-refractivity contribution in [3.8, 4) is 17.6 Å². The summed E-state index contributed by atoms with van der Waals surface area (Å²) in [5, 5.41) is 2.89. The van der Waals surface area contributed by atoms with Gasteiger partial charge in [-0.15, -0.1) is 0 Å². The maximum absolute atomic E-state index is 11.1. The van der Waals surface area contributed by atoms with Crippen molar-refractivity contribution in [2.75, 3.05) is 0 Å². The second kappa shape index (κ2) is 9.48. The van der Waals surface area contributed by atoms with Crippen LogP contribution in [0.15, 0.2) is 71.5 Å². The molecule has 1 atom stereocenters. The maximum Gasteiger partial charge on any atom is 0.217 e. The molecule has 142 valence electrons. The normalized spacial score (nSPS) is 11.2. The highest BCUT2D eigenvalue weighted by molar-refractivity contribution is 5.73. The molecule has 0 aliphatic heterocycles. The van der Waals surface area contributed by atoms with Crippen LogP contribution in [0.1, 0.15) is 36.1 Å². The van der Waals surface area contributed by atoms with Crippen LogP contribution in [0.25, 0.3) is 0 Å². The molecule has 4 heteroatoms. The number of carbonyl (C=O) groups excluding carboxylic acids is 1. The number of ether oxygens (including phenoxy) is 1. The third-order valence-electron chi connectivity index (χ3n) is 4.14. The number of carbonyl (C=O) groups is 1. The van der Waals surface area contributed by atoms with Gasteiger partial charge in [0.05, 0.1) is 12.5 Å². The van der Waals surface area contributed by atoms with Crippen LogP contribution in [0.3, 0.4) is 0 Å². The molecule has 4 nitrogen and oxygen atoms in total. The highest BCUT2D eigenvalue weighted by Gasteiger charge is 2.04. The molecule has 0 saturated carbocycles. The number of amides is 1. The van der Waals surface area contributed by atoms with Crippen molar-refractivity contribution in [3.63, 3.8) is 0 Å². The number of benzene rings is 2. The lowest BCUT2D eigenvalue weighted by atomic mass is 10.0. The first-order valence-electron chi connectivity index (χ1n) is 9.20. The van der Waals surface area contributed by atoms with Crippen molar-refractivity contribution in [2.24, 2.45) is 0 Å². The van der Waals surface area contributed by atoms with Crippen LogP contribution < -0.4 is 10.1 Å². The van der Waals surface area contributed by atoms with Crippen molar-refractivity contribution < 1.29 is 13.9 Å². The molecule has 0 radical (unpaired) electrons. The molecule has 0 aliphatic carbocycles. The zero-order valence-electron chi connectivity index (χ0n) is 16.1. The summed E-state index contributed by atoms with van der Waals surface area (Å²) in [6, 6.07) is 17.8. The van der Waals surface area contributed by atoms with Crippen molar-refractivity contribution in [3.05, 3.63) is 89.4 Å². The molecule has 1 unspecified atom stereocenters. The molecule has 1 aromatic heterocycles. The van der Waals surface area contributed by atoms with Crippen LogP contribution >= 0.6 is 0 Å². The van der Waals surface area contributed by atoms with Gasteiger partial charge in [0.25, 0.3) is 0 Å². The summed E-state index contributed by atoms with van der Waals surface area (Å²) in [4.78, 5) is 11.1.